The van der Waals surface area contributed by atoms with E-state index in [0.717, 1.165) is 37.2 Å². The molecule has 1 aliphatic rings. The summed E-state index contributed by atoms with van der Waals surface area (Å²) in [4.78, 5) is 17.9. The van der Waals surface area contributed by atoms with Crippen molar-refractivity contribution < 1.29 is 14.2 Å². The van der Waals surface area contributed by atoms with E-state index in [4.69, 9.17) is 9.26 Å². The van der Waals surface area contributed by atoms with Crippen LogP contribution in [0.25, 0.3) is 22.8 Å². The van der Waals surface area contributed by atoms with Crippen LogP contribution in [0.2, 0.25) is 0 Å². The summed E-state index contributed by atoms with van der Waals surface area (Å²) in [6, 6.07) is 12.4. The van der Waals surface area contributed by atoms with E-state index in [1.165, 1.54) is 6.07 Å². The van der Waals surface area contributed by atoms with Gasteiger partial charge in [-0.1, -0.05) is 12.1 Å². The number of rotatable bonds is 5. The zero-order valence-electron chi connectivity index (χ0n) is 16.4. The fourth-order valence-corrected chi connectivity index (χ4v) is 3.68. The van der Waals surface area contributed by atoms with Gasteiger partial charge in [-0.3, -0.25) is 10.1 Å². The Morgan fingerprint density at radius 3 is 2.66 bits per heavy atom. The highest BCUT2D eigenvalue weighted by Gasteiger charge is 2.25. The van der Waals surface area contributed by atoms with Gasteiger partial charge in [0.2, 0.25) is 5.82 Å². The van der Waals surface area contributed by atoms with E-state index >= 15 is 0 Å². The number of hydrogen-bond acceptors (Lipinski definition) is 7. The smallest absolute Gasteiger partial charge is 0.293 e. The summed E-state index contributed by atoms with van der Waals surface area (Å²) >= 11 is 0. The third kappa shape index (κ3) is 3.91. The molecule has 0 saturated carbocycles. The van der Waals surface area contributed by atoms with Crippen LogP contribution in [0, 0.1) is 16.0 Å². The molecule has 0 bridgehead atoms. The molecule has 29 heavy (non-hydrogen) atoms. The molecular weight excluding hydrogens is 372 g/mol. The van der Waals surface area contributed by atoms with Gasteiger partial charge in [-0.15, -0.1) is 0 Å². The topological polar surface area (TPSA) is 94.5 Å². The molecule has 1 saturated heterocycles. The highest BCUT2D eigenvalue weighted by Crippen LogP contribution is 2.35. The van der Waals surface area contributed by atoms with Gasteiger partial charge >= 0.3 is 0 Å². The quantitative estimate of drug-likeness (QED) is 0.462. The second-order valence-electron chi connectivity index (χ2n) is 7.31. The standard InChI is InChI=1S/C21H22N4O4/c1-14-4-3-11-24(13-14)18-10-7-16(12-19(18)25(26)27)21-22-20(23-29-21)15-5-8-17(28-2)9-6-15/h5-10,12,14H,3-4,11,13H2,1-2H3/t14-/m1/s1. The molecule has 0 N–H and O–H groups in total. The van der Waals surface area contributed by atoms with Gasteiger partial charge in [0.05, 0.1) is 12.0 Å². The molecule has 1 atom stereocenters. The van der Waals surface area contributed by atoms with Crippen LogP contribution in [0.4, 0.5) is 11.4 Å². The lowest BCUT2D eigenvalue weighted by atomic mass is 9.99. The van der Waals surface area contributed by atoms with Crippen LogP contribution in [-0.2, 0) is 0 Å². The average molecular weight is 394 g/mol. The van der Waals surface area contributed by atoms with Gasteiger partial charge in [-0.05, 0) is 55.2 Å². The van der Waals surface area contributed by atoms with Crippen LogP contribution in [0.15, 0.2) is 47.0 Å². The predicted octanol–water partition coefficient (Wildman–Crippen LogP) is 4.56. The Morgan fingerprint density at radius 2 is 1.97 bits per heavy atom. The molecule has 150 valence electrons. The van der Waals surface area contributed by atoms with E-state index in [0.29, 0.717) is 23.0 Å². The molecular formula is C21H22N4O4. The summed E-state index contributed by atoms with van der Waals surface area (Å²) in [7, 11) is 1.60. The summed E-state index contributed by atoms with van der Waals surface area (Å²) in [6.45, 7) is 3.82. The SMILES string of the molecule is COc1ccc(-c2noc(-c3ccc(N4CCC[C@@H](C)C4)c([N+](=O)[O-])c3)n2)cc1. The molecule has 0 amide bonds. The Morgan fingerprint density at radius 1 is 1.21 bits per heavy atom. The molecule has 8 nitrogen and oxygen atoms in total. The van der Waals surface area contributed by atoms with Crippen LogP contribution >= 0.6 is 0 Å². The highest BCUT2D eigenvalue weighted by atomic mass is 16.6. The third-order valence-corrected chi connectivity index (χ3v) is 5.19. The molecule has 0 radical (unpaired) electrons. The Balaban J connectivity index is 1.64. The second kappa shape index (κ2) is 7.90. The van der Waals surface area contributed by atoms with Crippen LogP contribution in [-0.4, -0.2) is 35.3 Å². The second-order valence-corrected chi connectivity index (χ2v) is 7.31. The third-order valence-electron chi connectivity index (χ3n) is 5.19. The largest absolute Gasteiger partial charge is 0.497 e. The van der Waals surface area contributed by atoms with Crippen LogP contribution in [0.3, 0.4) is 0 Å². The number of nitrogens with zero attached hydrogens (tertiary/aromatic N) is 4. The summed E-state index contributed by atoms with van der Waals surface area (Å²) in [5.41, 5.74) is 1.99. The van der Waals surface area contributed by atoms with E-state index in [-0.39, 0.29) is 16.5 Å². The summed E-state index contributed by atoms with van der Waals surface area (Å²) in [5, 5.41) is 15.7. The number of anilines is 1. The van der Waals surface area contributed by atoms with Crippen molar-refractivity contribution in [2.75, 3.05) is 25.1 Å². The maximum absolute atomic E-state index is 11.7. The maximum Gasteiger partial charge on any atom is 0.293 e. The fourth-order valence-electron chi connectivity index (χ4n) is 3.68. The number of piperidine rings is 1. The normalized spacial score (nSPS) is 16.6. The highest BCUT2D eigenvalue weighted by molar-refractivity contribution is 5.71. The molecule has 1 fully saturated rings. The van der Waals surface area contributed by atoms with E-state index < -0.39 is 0 Å². The molecule has 8 heteroatoms. The van der Waals surface area contributed by atoms with Crippen molar-refractivity contribution in [3.63, 3.8) is 0 Å². The molecule has 1 aliphatic heterocycles. The Kier molecular flexibility index (Phi) is 5.16. The zero-order chi connectivity index (χ0) is 20.4. The Bertz CT molecular complexity index is 1020. The lowest BCUT2D eigenvalue weighted by Crippen LogP contribution is -2.34. The minimum absolute atomic E-state index is 0.0563. The Hall–Kier alpha value is -3.42. The first-order valence-electron chi connectivity index (χ1n) is 9.57. The lowest BCUT2D eigenvalue weighted by molar-refractivity contribution is -0.384. The lowest BCUT2D eigenvalue weighted by Gasteiger charge is -2.32. The number of aromatic nitrogens is 2. The molecule has 2 aromatic carbocycles. The Labute approximate surface area is 168 Å². The van der Waals surface area contributed by atoms with Crippen molar-refractivity contribution in [1.82, 2.24) is 10.1 Å². The number of hydrogen-bond donors (Lipinski definition) is 0. The minimum Gasteiger partial charge on any atom is -0.497 e. The van der Waals surface area contributed by atoms with Gasteiger partial charge in [0.15, 0.2) is 0 Å². The van der Waals surface area contributed by atoms with Crippen molar-refractivity contribution >= 4 is 11.4 Å². The van der Waals surface area contributed by atoms with Gasteiger partial charge in [-0.2, -0.15) is 4.98 Å². The number of benzene rings is 2. The van der Waals surface area contributed by atoms with Gasteiger partial charge in [0.1, 0.15) is 11.4 Å². The van der Waals surface area contributed by atoms with Crippen molar-refractivity contribution in [3.05, 3.63) is 52.6 Å². The van der Waals surface area contributed by atoms with Gasteiger partial charge in [0.25, 0.3) is 11.6 Å². The van der Waals surface area contributed by atoms with Crippen molar-refractivity contribution in [3.8, 4) is 28.6 Å². The summed E-state index contributed by atoms with van der Waals surface area (Å²) in [6.07, 6.45) is 2.19. The first-order chi connectivity index (χ1) is 14.0. The zero-order valence-corrected chi connectivity index (χ0v) is 16.4. The van der Waals surface area contributed by atoms with Crippen molar-refractivity contribution in [2.24, 2.45) is 5.92 Å². The summed E-state index contributed by atoms with van der Waals surface area (Å²) < 4.78 is 10.5. The minimum atomic E-state index is -0.348. The van der Waals surface area contributed by atoms with E-state index in [9.17, 15) is 10.1 Å². The molecule has 0 spiro atoms. The van der Waals surface area contributed by atoms with Gasteiger partial charge in [0, 0.05) is 30.3 Å². The van der Waals surface area contributed by atoms with Crippen LogP contribution in [0.1, 0.15) is 19.8 Å². The van der Waals surface area contributed by atoms with Gasteiger partial charge < -0.3 is 14.2 Å². The van der Waals surface area contributed by atoms with E-state index in [2.05, 4.69) is 22.0 Å². The molecule has 2 heterocycles. The van der Waals surface area contributed by atoms with Gasteiger partial charge in [-0.25, -0.2) is 0 Å². The average Bonchev–Trinajstić information content (AvgIpc) is 3.23. The molecule has 3 aromatic rings. The maximum atomic E-state index is 11.7. The first kappa shape index (κ1) is 18.9. The number of nitro benzene ring substituents is 1. The summed E-state index contributed by atoms with van der Waals surface area (Å²) in [5.74, 6) is 1.92. The van der Waals surface area contributed by atoms with Crippen molar-refractivity contribution in [1.29, 1.82) is 0 Å². The molecule has 1 aromatic heterocycles. The molecule has 0 unspecified atom stereocenters. The number of ether oxygens (including phenoxy) is 1. The van der Waals surface area contributed by atoms with E-state index in [1.54, 1.807) is 19.2 Å². The fraction of sp³-hybridized carbons (Fsp3) is 0.333. The monoisotopic (exact) mass is 394 g/mol. The van der Waals surface area contributed by atoms with Crippen molar-refractivity contribution in [2.45, 2.75) is 19.8 Å². The molecule has 0 aliphatic carbocycles. The number of nitro groups is 1. The predicted molar refractivity (Wildman–Crippen MR) is 109 cm³/mol. The molecule has 4 rings (SSSR count). The van der Waals surface area contributed by atoms with Crippen LogP contribution < -0.4 is 9.64 Å². The first-order valence-corrected chi connectivity index (χ1v) is 9.57. The van der Waals surface area contributed by atoms with Crippen LogP contribution in [0.5, 0.6) is 5.75 Å². The number of methoxy groups -OCH3 is 1. The van der Waals surface area contributed by atoms with E-state index in [1.807, 2.05) is 24.3 Å².